The molecule has 0 aromatic carbocycles. The normalized spacial score (nSPS) is 37.2. The molecule has 100 valence electrons. The Bertz CT molecular complexity index is 242. The van der Waals surface area contributed by atoms with E-state index in [-0.39, 0.29) is 0 Å². The van der Waals surface area contributed by atoms with Gasteiger partial charge >= 0.3 is 0 Å². The molecule has 0 aliphatic carbocycles. The molecule has 2 N–H and O–H groups in total. The Balaban J connectivity index is 1.74. The molecule has 3 atom stereocenters. The van der Waals surface area contributed by atoms with Crippen LogP contribution in [0.1, 0.15) is 26.2 Å². The van der Waals surface area contributed by atoms with Gasteiger partial charge in [-0.15, -0.1) is 0 Å². The van der Waals surface area contributed by atoms with Crippen molar-refractivity contribution in [2.45, 2.75) is 37.8 Å². The molecule has 17 heavy (non-hydrogen) atoms. The molecule has 3 unspecified atom stereocenters. The van der Waals surface area contributed by atoms with Crippen molar-refractivity contribution < 1.29 is 9.84 Å². The van der Waals surface area contributed by atoms with Crippen LogP contribution in [0, 0.1) is 5.92 Å². The summed E-state index contributed by atoms with van der Waals surface area (Å²) in [7, 11) is 2.19. The van der Waals surface area contributed by atoms with Crippen molar-refractivity contribution in [1.29, 1.82) is 0 Å². The van der Waals surface area contributed by atoms with Crippen molar-refractivity contribution in [2.24, 2.45) is 5.92 Å². The van der Waals surface area contributed by atoms with Crippen LogP contribution in [0.15, 0.2) is 0 Å². The van der Waals surface area contributed by atoms with Gasteiger partial charge in [0.25, 0.3) is 0 Å². The fourth-order valence-electron chi connectivity index (χ4n) is 2.87. The van der Waals surface area contributed by atoms with E-state index in [9.17, 15) is 5.11 Å². The summed E-state index contributed by atoms with van der Waals surface area (Å²) in [5, 5.41) is 13.7. The second kappa shape index (κ2) is 5.65. The van der Waals surface area contributed by atoms with Crippen LogP contribution in [0.25, 0.3) is 0 Å². The van der Waals surface area contributed by atoms with E-state index < -0.39 is 5.60 Å². The summed E-state index contributed by atoms with van der Waals surface area (Å²) in [6.07, 6.45) is 3.35. The van der Waals surface area contributed by atoms with E-state index in [0.29, 0.717) is 31.7 Å². The maximum atomic E-state index is 10.2. The molecule has 2 saturated heterocycles. The molecule has 2 aliphatic heterocycles. The van der Waals surface area contributed by atoms with Crippen molar-refractivity contribution in [3.63, 3.8) is 0 Å². The van der Waals surface area contributed by atoms with E-state index in [4.69, 9.17) is 4.74 Å². The average molecular weight is 242 g/mol. The van der Waals surface area contributed by atoms with Crippen LogP contribution in [0.4, 0.5) is 0 Å². The lowest BCUT2D eigenvalue weighted by Gasteiger charge is -2.35. The van der Waals surface area contributed by atoms with Crippen LogP contribution in [-0.4, -0.2) is 61.5 Å². The Morgan fingerprint density at radius 2 is 2.41 bits per heavy atom. The monoisotopic (exact) mass is 242 g/mol. The first-order chi connectivity index (χ1) is 8.09. The first-order valence-corrected chi connectivity index (χ1v) is 6.81. The Labute approximate surface area is 104 Å². The van der Waals surface area contributed by atoms with E-state index in [1.54, 1.807) is 0 Å². The number of hydrogen-bond donors (Lipinski definition) is 2. The molecule has 0 saturated carbocycles. The molecule has 0 aromatic rings. The van der Waals surface area contributed by atoms with Crippen molar-refractivity contribution in [3.8, 4) is 0 Å². The van der Waals surface area contributed by atoms with Gasteiger partial charge in [-0.3, -0.25) is 0 Å². The minimum absolute atomic E-state index is 0.474. The second-order valence-corrected chi connectivity index (χ2v) is 5.86. The predicted octanol–water partition coefficient (Wildman–Crippen LogP) is 0.458. The zero-order valence-electron chi connectivity index (χ0n) is 11.1. The molecule has 2 fully saturated rings. The van der Waals surface area contributed by atoms with Gasteiger partial charge in [-0.25, -0.2) is 0 Å². The summed E-state index contributed by atoms with van der Waals surface area (Å²) in [6, 6.07) is 0.474. The van der Waals surface area contributed by atoms with Crippen molar-refractivity contribution in [3.05, 3.63) is 0 Å². The molecule has 0 spiro atoms. The predicted molar refractivity (Wildman–Crippen MR) is 68.1 cm³/mol. The van der Waals surface area contributed by atoms with E-state index in [2.05, 4.69) is 24.2 Å². The summed E-state index contributed by atoms with van der Waals surface area (Å²) in [5.41, 5.74) is -0.630. The van der Waals surface area contributed by atoms with Crippen LogP contribution < -0.4 is 5.32 Å². The summed E-state index contributed by atoms with van der Waals surface area (Å²) >= 11 is 0. The fourth-order valence-corrected chi connectivity index (χ4v) is 2.87. The SMILES string of the molecule is CC(NCC1(O)CCOC1)C1CCCN(C)C1. The number of aliphatic hydroxyl groups is 1. The van der Waals surface area contributed by atoms with Gasteiger partial charge in [-0.2, -0.15) is 0 Å². The second-order valence-electron chi connectivity index (χ2n) is 5.86. The minimum atomic E-state index is -0.630. The lowest BCUT2D eigenvalue weighted by molar-refractivity contribution is 0.0222. The molecule has 4 heteroatoms. The van der Waals surface area contributed by atoms with Gasteiger partial charge in [0.05, 0.1) is 6.61 Å². The van der Waals surface area contributed by atoms with E-state index >= 15 is 0 Å². The molecule has 0 radical (unpaired) electrons. The Hall–Kier alpha value is -0.160. The van der Waals surface area contributed by atoms with Crippen LogP contribution in [0.3, 0.4) is 0 Å². The standard InChI is InChI=1S/C13H26N2O2/c1-11(12-4-3-6-15(2)8-12)14-9-13(16)5-7-17-10-13/h11-12,14,16H,3-10H2,1-2H3. The first-order valence-electron chi connectivity index (χ1n) is 6.81. The van der Waals surface area contributed by atoms with Gasteiger partial charge < -0.3 is 20.1 Å². The highest BCUT2D eigenvalue weighted by molar-refractivity contribution is 4.87. The highest BCUT2D eigenvalue weighted by atomic mass is 16.5. The quantitative estimate of drug-likeness (QED) is 0.752. The summed E-state index contributed by atoms with van der Waals surface area (Å²) < 4.78 is 5.26. The zero-order valence-corrected chi connectivity index (χ0v) is 11.1. The Kier molecular flexibility index (Phi) is 4.42. The van der Waals surface area contributed by atoms with E-state index in [0.717, 1.165) is 6.42 Å². The van der Waals surface area contributed by atoms with Crippen molar-refractivity contribution in [1.82, 2.24) is 10.2 Å². The van der Waals surface area contributed by atoms with Gasteiger partial charge in [-0.1, -0.05) is 0 Å². The van der Waals surface area contributed by atoms with Gasteiger partial charge in [0.15, 0.2) is 0 Å². The molecular weight excluding hydrogens is 216 g/mol. The number of hydrogen-bond acceptors (Lipinski definition) is 4. The smallest absolute Gasteiger partial charge is 0.102 e. The van der Waals surface area contributed by atoms with Crippen molar-refractivity contribution in [2.75, 3.05) is 39.9 Å². The Morgan fingerprint density at radius 1 is 1.59 bits per heavy atom. The average Bonchev–Trinajstić information content (AvgIpc) is 2.74. The number of nitrogens with one attached hydrogen (secondary N) is 1. The van der Waals surface area contributed by atoms with Gasteiger partial charge in [0, 0.05) is 32.2 Å². The topological polar surface area (TPSA) is 44.7 Å². The lowest BCUT2D eigenvalue weighted by atomic mass is 9.91. The largest absolute Gasteiger partial charge is 0.386 e. The van der Waals surface area contributed by atoms with Crippen LogP contribution >= 0.6 is 0 Å². The lowest BCUT2D eigenvalue weighted by Crippen LogP contribution is -2.49. The third-order valence-corrected chi connectivity index (χ3v) is 4.20. The fraction of sp³-hybridized carbons (Fsp3) is 1.00. The van der Waals surface area contributed by atoms with Gasteiger partial charge in [-0.05, 0) is 39.3 Å². The molecule has 2 rings (SSSR count). The number of piperidine rings is 1. The highest BCUT2D eigenvalue weighted by Gasteiger charge is 2.33. The third-order valence-electron chi connectivity index (χ3n) is 4.20. The highest BCUT2D eigenvalue weighted by Crippen LogP contribution is 2.21. The maximum absolute atomic E-state index is 10.2. The van der Waals surface area contributed by atoms with Gasteiger partial charge in [0.1, 0.15) is 5.60 Å². The summed E-state index contributed by atoms with van der Waals surface area (Å²) in [6.45, 7) is 6.47. The van der Waals surface area contributed by atoms with Crippen LogP contribution in [0.2, 0.25) is 0 Å². The Morgan fingerprint density at radius 3 is 3.06 bits per heavy atom. The molecule has 2 aliphatic rings. The zero-order chi connectivity index (χ0) is 12.3. The third kappa shape index (κ3) is 3.65. The summed E-state index contributed by atoms with van der Waals surface area (Å²) in [5.74, 6) is 0.708. The number of rotatable bonds is 4. The minimum Gasteiger partial charge on any atom is -0.386 e. The summed E-state index contributed by atoms with van der Waals surface area (Å²) in [4.78, 5) is 2.40. The molecule has 2 heterocycles. The molecule has 4 nitrogen and oxygen atoms in total. The maximum Gasteiger partial charge on any atom is 0.102 e. The van der Waals surface area contributed by atoms with E-state index in [1.165, 1.54) is 25.9 Å². The first kappa shape index (κ1) is 13.3. The van der Waals surface area contributed by atoms with Crippen molar-refractivity contribution >= 4 is 0 Å². The molecular formula is C13H26N2O2. The molecule has 0 amide bonds. The number of nitrogens with zero attached hydrogens (tertiary/aromatic N) is 1. The number of ether oxygens (including phenoxy) is 1. The van der Waals surface area contributed by atoms with Crippen LogP contribution in [-0.2, 0) is 4.74 Å². The number of likely N-dealkylation sites (tertiary alicyclic amines) is 1. The van der Waals surface area contributed by atoms with Gasteiger partial charge in [0.2, 0.25) is 0 Å². The molecule has 0 aromatic heterocycles. The van der Waals surface area contributed by atoms with Crippen LogP contribution in [0.5, 0.6) is 0 Å². The van der Waals surface area contributed by atoms with E-state index in [1.807, 2.05) is 0 Å². The molecule has 0 bridgehead atoms.